The predicted octanol–water partition coefficient (Wildman–Crippen LogP) is 4.62. The summed E-state index contributed by atoms with van der Waals surface area (Å²) in [5.41, 5.74) is 8.87. The third-order valence-electron chi connectivity index (χ3n) is 7.37. The highest BCUT2D eigenvalue weighted by Gasteiger charge is 2.23. The van der Waals surface area contributed by atoms with Crippen LogP contribution in [0.2, 0.25) is 0 Å². The Morgan fingerprint density at radius 1 is 0.949 bits per heavy atom. The number of anilines is 4. The van der Waals surface area contributed by atoms with Crippen LogP contribution in [0, 0.1) is 5.92 Å². The normalized spacial score (nSPS) is 17.6. The second kappa shape index (κ2) is 12.1. The first-order valence-corrected chi connectivity index (χ1v) is 13.6. The molecule has 2 aromatic carbocycles. The van der Waals surface area contributed by atoms with E-state index in [-0.39, 0.29) is 12.7 Å². The average molecular weight is 529 g/mol. The standard InChI is InChI=1S/C30H36N6O3/c1-22-6-5-15-36(20-22)27-14-13-26(28(31)37)29(33-27)32-24-9-11-25(12-10-24)34-16-18-35(19-17-34)30(38)39-21-23-7-3-2-4-8-23/h2-4,7-14,22H,5-6,15-21H2,1H3,(H2,31,37)(H,32,33)/t22-/m1/s1. The molecule has 5 rings (SSSR count). The SMILES string of the molecule is C[C@@H]1CCCN(c2ccc(C(N)=O)c(Nc3ccc(N4CCN(C(=O)OCc5ccccc5)CC4)cc3)n2)C1. The number of nitrogens with two attached hydrogens (primary N) is 1. The van der Waals surface area contributed by atoms with Gasteiger partial charge in [-0.25, -0.2) is 9.78 Å². The van der Waals surface area contributed by atoms with Gasteiger partial charge in [0, 0.05) is 50.6 Å². The summed E-state index contributed by atoms with van der Waals surface area (Å²) in [6, 6.07) is 21.3. The summed E-state index contributed by atoms with van der Waals surface area (Å²) in [6.45, 7) is 7.08. The van der Waals surface area contributed by atoms with Gasteiger partial charge in [0.05, 0.1) is 5.56 Å². The molecular formula is C30H36N6O3. The fourth-order valence-electron chi connectivity index (χ4n) is 5.17. The van der Waals surface area contributed by atoms with E-state index in [1.54, 1.807) is 11.0 Å². The minimum atomic E-state index is -0.514. The maximum absolute atomic E-state index is 12.5. The summed E-state index contributed by atoms with van der Waals surface area (Å²) in [5.74, 6) is 1.42. The van der Waals surface area contributed by atoms with E-state index in [1.165, 1.54) is 6.42 Å². The van der Waals surface area contributed by atoms with Gasteiger partial charge in [-0.1, -0.05) is 37.3 Å². The maximum Gasteiger partial charge on any atom is 0.410 e. The van der Waals surface area contributed by atoms with E-state index in [4.69, 9.17) is 15.5 Å². The molecule has 3 N–H and O–H groups in total. The lowest BCUT2D eigenvalue weighted by Gasteiger charge is -2.35. The third-order valence-corrected chi connectivity index (χ3v) is 7.37. The number of ether oxygens (including phenoxy) is 1. The first-order chi connectivity index (χ1) is 19.0. The van der Waals surface area contributed by atoms with E-state index >= 15 is 0 Å². The second-order valence-corrected chi connectivity index (χ2v) is 10.3. The lowest BCUT2D eigenvalue weighted by molar-refractivity contribution is 0.0941. The molecule has 0 bridgehead atoms. The number of piperidine rings is 1. The van der Waals surface area contributed by atoms with Gasteiger partial charge in [0.15, 0.2) is 0 Å². The number of pyridine rings is 1. The van der Waals surface area contributed by atoms with Crippen molar-refractivity contribution in [3.8, 4) is 0 Å². The number of primary amides is 1. The zero-order chi connectivity index (χ0) is 27.2. The van der Waals surface area contributed by atoms with Gasteiger partial charge < -0.3 is 30.5 Å². The van der Waals surface area contributed by atoms with Crippen LogP contribution in [0.15, 0.2) is 66.7 Å². The molecule has 2 fully saturated rings. The van der Waals surface area contributed by atoms with E-state index in [9.17, 15) is 9.59 Å². The fraction of sp³-hybridized carbons (Fsp3) is 0.367. The van der Waals surface area contributed by atoms with Gasteiger partial charge in [-0.05, 0) is 60.7 Å². The van der Waals surface area contributed by atoms with Crippen LogP contribution in [0.3, 0.4) is 0 Å². The second-order valence-electron chi connectivity index (χ2n) is 10.3. The molecule has 1 aromatic heterocycles. The summed E-state index contributed by atoms with van der Waals surface area (Å²) in [6.07, 6.45) is 2.08. The minimum Gasteiger partial charge on any atom is -0.445 e. The Morgan fingerprint density at radius 3 is 2.38 bits per heavy atom. The molecule has 9 heteroatoms. The lowest BCUT2D eigenvalue weighted by atomic mass is 10.0. The quantitative estimate of drug-likeness (QED) is 0.461. The molecule has 0 aliphatic carbocycles. The van der Waals surface area contributed by atoms with Crippen molar-refractivity contribution in [2.75, 3.05) is 54.4 Å². The predicted molar refractivity (Wildman–Crippen MR) is 154 cm³/mol. The number of rotatable bonds is 7. The van der Waals surface area contributed by atoms with Crippen molar-refractivity contribution in [1.82, 2.24) is 9.88 Å². The maximum atomic E-state index is 12.5. The number of nitrogens with zero attached hydrogens (tertiary/aromatic N) is 4. The lowest BCUT2D eigenvalue weighted by Crippen LogP contribution is -2.48. The molecule has 0 radical (unpaired) electrons. The molecule has 2 aliphatic rings. The molecule has 0 unspecified atom stereocenters. The van der Waals surface area contributed by atoms with Gasteiger partial charge in [-0.2, -0.15) is 0 Å². The number of nitrogens with one attached hydrogen (secondary N) is 1. The number of hydrogen-bond acceptors (Lipinski definition) is 7. The Morgan fingerprint density at radius 2 is 1.69 bits per heavy atom. The van der Waals surface area contributed by atoms with E-state index in [0.29, 0.717) is 30.4 Å². The molecule has 2 saturated heterocycles. The first-order valence-electron chi connectivity index (χ1n) is 13.6. The fourth-order valence-corrected chi connectivity index (χ4v) is 5.17. The molecule has 3 heterocycles. The summed E-state index contributed by atoms with van der Waals surface area (Å²) in [7, 11) is 0. The van der Waals surface area contributed by atoms with Crippen LogP contribution in [0.25, 0.3) is 0 Å². The number of aromatic nitrogens is 1. The van der Waals surface area contributed by atoms with Crippen LogP contribution < -0.4 is 20.9 Å². The van der Waals surface area contributed by atoms with Crippen LogP contribution in [-0.4, -0.2) is 61.2 Å². The molecule has 2 aliphatic heterocycles. The molecule has 1 atom stereocenters. The van der Waals surface area contributed by atoms with E-state index in [0.717, 1.165) is 55.4 Å². The summed E-state index contributed by atoms with van der Waals surface area (Å²) >= 11 is 0. The van der Waals surface area contributed by atoms with Gasteiger partial charge in [0.25, 0.3) is 5.91 Å². The smallest absolute Gasteiger partial charge is 0.410 e. The van der Waals surface area contributed by atoms with E-state index in [2.05, 4.69) is 22.0 Å². The van der Waals surface area contributed by atoms with Crippen molar-refractivity contribution in [3.63, 3.8) is 0 Å². The van der Waals surface area contributed by atoms with E-state index in [1.807, 2.05) is 60.7 Å². The summed E-state index contributed by atoms with van der Waals surface area (Å²) in [5, 5.41) is 3.30. The number of amides is 2. The molecular weight excluding hydrogens is 492 g/mol. The number of carbonyl (C=O) groups excluding carboxylic acids is 2. The molecule has 204 valence electrons. The van der Waals surface area contributed by atoms with Crippen LogP contribution in [-0.2, 0) is 11.3 Å². The molecule has 3 aromatic rings. The molecule has 0 saturated carbocycles. The first kappa shape index (κ1) is 26.3. The summed E-state index contributed by atoms with van der Waals surface area (Å²) < 4.78 is 5.48. The molecule has 39 heavy (non-hydrogen) atoms. The van der Waals surface area contributed by atoms with Crippen LogP contribution in [0.1, 0.15) is 35.7 Å². The van der Waals surface area contributed by atoms with Crippen molar-refractivity contribution in [1.29, 1.82) is 0 Å². The highest BCUT2D eigenvalue weighted by molar-refractivity contribution is 5.98. The van der Waals surface area contributed by atoms with Gasteiger partial charge in [0.2, 0.25) is 0 Å². The van der Waals surface area contributed by atoms with Gasteiger partial charge in [-0.3, -0.25) is 4.79 Å². The Kier molecular flexibility index (Phi) is 8.15. The minimum absolute atomic E-state index is 0.279. The number of piperazine rings is 1. The van der Waals surface area contributed by atoms with Gasteiger partial charge >= 0.3 is 6.09 Å². The monoisotopic (exact) mass is 528 g/mol. The number of carbonyl (C=O) groups is 2. The Balaban J connectivity index is 1.18. The Labute approximate surface area is 229 Å². The van der Waals surface area contributed by atoms with Crippen molar-refractivity contribution in [3.05, 3.63) is 77.9 Å². The average Bonchev–Trinajstić information content (AvgIpc) is 2.97. The Hall–Kier alpha value is -4.27. The largest absolute Gasteiger partial charge is 0.445 e. The highest BCUT2D eigenvalue weighted by Crippen LogP contribution is 2.27. The molecule has 2 amide bonds. The van der Waals surface area contributed by atoms with Crippen LogP contribution in [0.4, 0.5) is 27.8 Å². The van der Waals surface area contributed by atoms with E-state index < -0.39 is 5.91 Å². The zero-order valence-corrected chi connectivity index (χ0v) is 22.4. The third kappa shape index (κ3) is 6.60. The van der Waals surface area contributed by atoms with Crippen LogP contribution in [0.5, 0.6) is 0 Å². The van der Waals surface area contributed by atoms with Crippen molar-refractivity contribution in [2.45, 2.75) is 26.4 Å². The van der Waals surface area contributed by atoms with Gasteiger partial charge in [-0.15, -0.1) is 0 Å². The topological polar surface area (TPSA) is 104 Å². The highest BCUT2D eigenvalue weighted by atomic mass is 16.6. The van der Waals surface area contributed by atoms with Crippen molar-refractivity contribution < 1.29 is 14.3 Å². The van der Waals surface area contributed by atoms with Crippen molar-refractivity contribution in [2.24, 2.45) is 11.7 Å². The summed E-state index contributed by atoms with van der Waals surface area (Å²) in [4.78, 5) is 35.6. The van der Waals surface area contributed by atoms with Gasteiger partial charge in [0.1, 0.15) is 18.2 Å². The van der Waals surface area contributed by atoms with Crippen molar-refractivity contribution >= 4 is 35.0 Å². The zero-order valence-electron chi connectivity index (χ0n) is 22.4. The molecule has 9 nitrogen and oxygen atoms in total. The van der Waals surface area contributed by atoms with Crippen LogP contribution >= 0.6 is 0 Å². The number of hydrogen-bond donors (Lipinski definition) is 2. The Bertz CT molecular complexity index is 1280. The number of benzene rings is 2. The molecule has 0 spiro atoms.